The van der Waals surface area contributed by atoms with Gasteiger partial charge in [0.05, 0.1) is 17.5 Å². The maximum absolute atomic E-state index is 13.1. The van der Waals surface area contributed by atoms with E-state index in [0.29, 0.717) is 34.0 Å². The molecule has 0 saturated heterocycles. The van der Waals surface area contributed by atoms with Gasteiger partial charge in [-0.05, 0) is 55.0 Å². The summed E-state index contributed by atoms with van der Waals surface area (Å²) in [6.07, 6.45) is 2.76. The largest absolute Gasteiger partial charge is 0.454 e. The van der Waals surface area contributed by atoms with Gasteiger partial charge in [-0.3, -0.25) is 19.5 Å². The van der Waals surface area contributed by atoms with E-state index >= 15 is 0 Å². The number of carbonyl (C=O) groups excluding carboxylic acids is 2. The van der Waals surface area contributed by atoms with Crippen LogP contribution in [0.1, 0.15) is 27.2 Å². The third kappa shape index (κ3) is 5.24. The van der Waals surface area contributed by atoms with Gasteiger partial charge in [-0.2, -0.15) is 5.10 Å². The number of amides is 2. The van der Waals surface area contributed by atoms with Crippen molar-refractivity contribution in [3.63, 3.8) is 0 Å². The lowest BCUT2D eigenvalue weighted by molar-refractivity contribution is -0.117. The van der Waals surface area contributed by atoms with Crippen molar-refractivity contribution in [3.8, 4) is 17.2 Å². The van der Waals surface area contributed by atoms with Gasteiger partial charge in [-0.15, -0.1) is 0 Å². The van der Waals surface area contributed by atoms with Crippen LogP contribution in [-0.4, -0.2) is 34.6 Å². The van der Waals surface area contributed by atoms with Crippen LogP contribution in [0, 0.1) is 6.92 Å². The van der Waals surface area contributed by atoms with Gasteiger partial charge < -0.3 is 14.8 Å². The highest BCUT2D eigenvalue weighted by molar-refractivity contribution is 6.05. The van der Waals surface area contributed by atoms with Gasteiger partial charge in [-0.25, -0.2) is 10.1 Å². The molecule has 3 N–H and O–H groups in total. The Labute approximate surface area is 217 Å². The van der Waals surface area contributed by atoms with E-state index in [0.717, 1.165) is 0 Å². The fourth-order valence-electron chi connectivity index (χ4n) is 3.80. The van der Waals surface area contributed by atoms with Crippen LogP contribution in [0.3, 0.4) is 0 Å². The number of hydrogen-bond donors (Lipinski definition) is 3. The second kappa shape index (κ2) is 10.7. The molecule has 2 amide bonds. The molecule has 2 heterocycles. The third-order valence-electron chi connectivity index (χ3n) is 5.73. The molecule has 5 rings (SSSR count). The molecular formula is C28H23N5O5. The molecule has 190 valence electrons. The first kappa shape index (κ1) is 24.3. The molecule has 10 heteroatoms. The number of nitrogens with zero attached hydrogens (tertiary/aromatic N) is 2. The van der Waals surface area contributed by atoms with Crippen LogP contribution < -0.4 is 25.8 Å². The molecule has 0 aliphatic carbocycles. The first-order chi connectivity index (χ1) is 18.5. The average Bonchev–Trinajstić information content (AvgIpc) is 3.52. The fourth-order valence-corrected chi connectivity index (χ4v) is 3.80. The summed E-state index contributed by atoms with van der Waals surface area (Å²) in [6, 6.07) is 22.7. The molecule has 0 fully saturated rings. The molecule has 0 unspecified atom stereocenters. The predicted octanol–water partition coefficient (Wildman–Crippen LogP) is 3.12. The van der Waals surface area contributed by atoms with Crippen LogP contribution >= 0.6 is 0 Å². The number of fused-ring (bicyclic) bond motifs is 1. The number of hydrogen-bond acceptors (Lipinski definition) is 6. The second-order valence-electron chi connectivity index (χ2n) is 8.32. The highest BCUT2D eigenvalue weighted by atomic mass is 16.7. The van der Waals surface area contributed by atoms with Crippen LogP contribution in [0.15, 0.2) is 94.5 Å². The molecule has 0 bridgehead atoms. The number of aryl methyl sites for hydroxylation is 1. The first-order valence-electron chi connectivity index (χ1n) is 11.7. The van der Waals surface area contributed by atoms with Gasteiger partial charge in [0, 0.05) is 11.3 Å². The average molecular weight is 510 g/mol. The molecule has 0 atom stereocenters. The number of para-hydroxylation sites is 1. The van der Waals surface area contributed by atoms with Crippen molar-refractivity contribution in [2.75, 3.05) is 6.79 Å². The maximum atomic E-state index is 13.1. The zero-order chi connectivity index (χ0) is 26.5. The fraction of sp³-hybridized carbons (Fsp3) is 0.0714. The van der Waals surface area contributed by atoms with E-state index in [4.69, 9.17) is 9.47 Å². The number of ether oxygens (including phenoxy) is 2. The SMILES string of the molecule is Cc1[nH]n(-c2ccccc2)c(=O)c1/C=N\NC(=O)/C(=C\c1ccc2c(c1)OCO2)NC(=O)c1ccccc1. The van der Waals surface area contributed by atoms with Gasteiger partial charge in [0.15, 0.2) is 11.5 Å². The molecule has 1 aliphatic rings. The van der Waals surface area contributed by atoms with Crippen molar-refractivity contribution in [2.45, 2.75) is 6.92 Å². The van der Waals surface area contributed by atoms with Crippen molar-refractivity contribution in [3.05, 3.63) is 117 Å². The van der Waals surface area contributed by atoms with E-state index in [-0.39, 0.29) is 23.6 Å². The zero-order valence-electron chi connectivity index (χ0n) is 20.3. The number of H-pyrrole nitrogens is 1. The number of aromatic amines is 1. The topological polar surface area (TPSA) is 127 Å². The quantitative estimate of drug-likeness (QED) is 0.200. The van der Waals surface area contributed by atoms with Crippen molar-refractivity contribution in [2.24, 2.45) is 5.10 Å². The highest BCUT2D eigenvalue weighted by Crippen LogP contribution is 2.33. The van der Waals surface area contributed by atoms with Crippen LogP contribution in [0.25, 0.3) is 11.8 Å². The van der Waals surface area contributed by atoms with E-state index in [9.17, 15) is 14.4 Å². The van der Waals surface area contributed by atoms with E-state index in [2.05, 4.69) is 20.9 Å². The zero-order valence-corrected chi connectivity index (χ0v) is 20.3. The molecule has 1 aliphatic heterocycles. The Balaban J connectivity index is 1.38. The summed E-state index contributed by atoms with van der Waals surface area (Å²) in [5, 5.41) is 9.61. The van der Waals surface area contributed by atoms with E-state index in [1.54, 1.807) is 67.6 Å². The van der Waals surface area contributed by atoms with Gasteiger partial charge >= 0.3 is 0 Å². The molecular weight excluding hydrogens is 486 g/mol. The summed E-state index contributed by atoms with van der Waals surface area (Å²) < 4.78 is 12.1. The second-order valence-corrected chi connectivity index (χ2v) is 8.32. The van der Waals surface area contributed by atoms with Gasteiger partial charge in [0.2, 0.25) is 6.79 Å². The number of benzene rings is 3. The maximum Gasteiger partial charge on any atom is 0.287 e. The van der Waals surface area contributed by atoms with Gasteiger partial charge in [0.1, 0.15) is 5.70 Å². The molecule has 0 radical (unpaired) electrons. The minimum Gasteiger partial charge on any atom is -0.454 e. The Kier molecular flexibility index (Phi) is 6.85. The Morgan fingerprint density at radius 2 is 1.68 bits per heavy atom. The summed E-state index contributed by atoms with van der Waals surface area (Å²) in [5.41, 5.74) is 4.53. The van der Waals surface area contributed by atoms with E-state index in [1.807, 2.05) is 18.2 Å². The monoisotopic (exact) mass is 509 g/mol. The van der Waals surface area contributed by atoms with Crippen molar-refractivity contribution in [1.29, 1.82) is 0 Å². The summed E-state index contributed by atoms with van der Waals surface area (Å²) in [4.78, 5) is 38.7. The lowest BCUT2D eigenvalue weighted by Crippen LogP contribution is -2.33. The van der Waals surface area contributed by atoms with Crippen LogP contribution in [0.4, 0.5) is 0 Å². The molecule has 0 saturated carbocycles. The molecule has 38 heavy (non-hydrogen) atoms. The van der Waals surface area contributed by atoms with Crippen molar-refractivity contribution >= 4 is 24.1 Å². The van der Waals surface area contributed by atoms with Crippen LogP contribution in [0.5, 0.6) is 11.5 Å². The lowest BCUT2D eigenvalue weighted by atomic mass is 10.1. The number of hydrazone groups is 1. The number of carbonyl (C=O) groups is 2. The molecule has 4 aromatic rings. The summed E-state index contributed by atoms with van der Waals surface area (Å²) in [6.45, 7) is 1.84. The molecule has 0 spiro atoms. The first-order valence-corrected chi connectivity index (χ1v) is 11.7. The summed E-state index contributed by atoms with van der Waals surface area (Å²) in [7, 11) is 0. The number of rotatable bonds is 7. The predicted molar refractivity (Wildman–Crippen MR) is 141 cm³/mol. The number of aromatic nitrogens is 2. The van der Waals surface area contributed by atoms with Crippen LogP contribution in [0.2, 0.25) is 0 Å². The lowest BCUT2D eigenvalue weighted by Gasteiger charge is -2.09. The van der Waals surface area contributed by atoms with Crippen molar-refractivity contribution < 1.29 is 19.1 Å². The molecule has 3 aromatic carbocycles. The summed E-state index contributed by atoms with van der Waals surface area (Å²) in [5.74, 6) is -0.0265. The number of nitrogens with one attached hydrogen (secondary N) is 3. The third-order valence-corrected chi connectivity index (χ3v) is 5.73. The van der Waals surface area contributed by atoms with E-state index < -0.39 is 11.8 Å². The van der Waals surface area contributed by atoms with Gasteiger partial charge in [-0.1, -0.05) is 42.5 Å². The smallest absolute Gasteiger partial charge is 0.287 e. The highest BCUT2D eigenvalue weighted by Gasteiger charge is 2.17. The van der Waals surface area contributed by atoms with Gasteiger partial charge in [0.25, 0.3) is 17.4 Å². The van der Waals surface area contributed by atoms with E-state index in [1.165, 1.54) is 17.0 Å². The summed E-state index contributed by atoms with van der Waals surface area (Å²) >= 11 is 0. The minimum atomic E-state index is -0.681. The normalized spacial score (nSPS) is 12.5. The minimum absolute atomic E-state index is 0.0534. The Morgan fingerprint density at radius 3 is 2.45 bits per heavy atom. The molecule has 10 nitrogen and oxygen atoms in total. The van der Waals surface area contributed by atoms with Crippen LogP contribution in [-0.2, 0) is 4.79 Å². The Hall–Kier alpha value is -5.38. The molecule has 1 aromatic heterocycles. The van der Waals surface area contributed by atoms with Crippen molar-refractivity contribution in [1.82, 2.24) is 20.5 Å². The Morgan fingerprint density at radius 1 is 0.974 bits per heavy atom. The Bertz CT molecular complexity index is 1600. The standard InChI is InChI=1S/C28H23N5O5/c1-18-22(28(36)33(32-18)21-10-6-3-7-11-21)16-29-31-27(35)23(30-26(34)20-8-4-2-5-9-20)14-19-12-13-24-25(15-19)38-17-37-24/h2-16,32H,17H2,1H3,(H,30,34)(H,31,35)/b23-14+,29-16-.